The first kappa shape index (κ1) is 11.0. The first-order chi connectivity index (χ1) is 6.36. The highest BCUT2D eigenvalue weighted by molar-refractivity contribution is 5.44. The lowest BCUT2D eigenvalue weighted by atomic mass is 9.93. The zero-order chi connectivity index (χ0) is 10.9. The van der Waals surface area contributed by atoms with Crippen molar-refractivity contribution < 1.29 is 9.13 Å². The molecule has 1 aromatic rings. The van der Waals surface area contributed by atoms with E-state index in [9.17, 15) is 4.39 Å². The molecule has 3 heteroatoms. The fourth-order valence-electron chi connectivity index (χ4n) is 1.48. The van der Waals surface area contributed by atoms with Crippen LogP contribution in [0.2, 0.25) is 0 Å². The van der Waals surface area contributed by atoms with E-state index in [1.807, 2.05) is 13.8 Å². The summed E-state index contributed by atoms with van der Waals surface area (Å²) in [5.41, 5.74) is 6.78. The second-order valence-electron chi connectivity index (χ2n) is 4.03. The largest absolute Gasteiger partial charge is 0.496 e. The zero-order valence-electron chi connectivity index (χ0n) is 9.02. The van der Waals surface area contributed by atoms with Crippen molar-refractivity contribution in [2.24, 2.45) is 5.73 Å². The molecule has 0 aliphatic carbocycles. The minimum absolute atomic E-state index is 0.281. The third-order valence-corrected chi connectivity index (χ3v) is 2.14. The van der Waals surface area contributed by atoms with Crippen molar-refractivity contribution >= 4 is 0 Å². The highest BCUT2D eigenvalue weighted by atomic mass is 19.1. The molecule has 0 unspecified atom stereocenters. The number of ether oxygens (including phenoxy) is 1. The first-order valence-electron chi connectivity index (χ1n) is 4.49. The molecule has 0 radical (unpaired) electrons. The highest BCUT2D eigenvalue weighted by Gasteiger charge is 2.21. The highest BCUT2D eigenvalue weighted by Crippen LogP contribution is 2.31. The van der Waals surface area contributed by atoms with E-state index in [1.165, 1.54) is 12.1 Å². The topological polar surface area (TPSA) is 35.2 Å². The smallest absolute Gasteiger partial charge is 0.127 e. The SMILES string of the molecule is COc1c(C)cc(F)cc1C(C)(C)N. The van der Waals surface area contributed by atoms with Crippen LogP contribution in [-0.4, -0.2) is 7.11 Å². The summed E-state index contributed by atoms with van der Waals surface area (Å²) >= 11 is 0. The molecular formula is C11H16FNO. The molecular weight excluding hydrogens is 181 g/mol. The van der Waals surface area contributed by atoms with Gasteiger partial charge in [0, 0.05) is 11.1 Å². The molecule has 14 heavy (non-hydrogen) atoms. The van der Waals surface area contributed by atoms with Crippen LogP contribution in [-0.2, 0) is 5.54 Å². The Morgan fingerprint density at radius 2 is 1.93 bits per heavy atom. The molecule has 0 fully saturated rings. The van der Waals surface area contributed by atoms with Crippen molar-refractivity contribution in [3.8, 4) is 5.75 Å². The van der Waals surface area contributed by atoms with Crippen LogP contribution in [0.4, 0.5) is 4.39 Å². The second-order valence-corrected chi connectivity index (χ2v) is 4.03. The molecule has 1 rings (SSSR count). The van der Waals surface area contributed by atoms with Crippen LogP contribution in [0.25, 0.3) is 0 Å². The number of benzene rings is 1. The van der Waals surface area contributed by atoms with Crippen LogP contribution in [0.5, 0.6) is 5.75 Å². The summed E-state index contributed by atoms with van der Waals surface area (Å²) in [6, 6.07) is 2.86. The van der Waals surface area contributed by atoms with E-state index < -0.39 is 5.54 Å². The monoisotopic (exact) mass is 197 g/mol. The molecule has 0 spiro atoms. The van der Waals surface area contributed by atoms with Crippen LogP contribution >= 0.6 is 0 Å². The van der Waals surface area contributed by atoms with E-state index in [-0.39, 0.29) is 5.82 Å². The summed E-state index contributed by atoms with van der Waals surface area (Å²) < 4.78 is 18.4. The number of hydrogen-bond acceptors (Lipinski definition) is 2. The molecule has 0 atom stereocenters. The van der Waals surface area contributed by atoms with Gasteiger partial charge < -0.3 is 10.5 Å². The first-order valence-corrected chi connectivity index (χ1v) is 4.49. The van der Waals surface area contributed by atoms with E-state index >= 15 is 0 Å². The number of rotatable bonds is 2. The molecule has 2 nitrogen and oxygen atoms in total. The van der Waals surface area contributed by atoms with Crippen LogP contribution < -0.4 is 10.5 Å². The van der Waals surface area contributed by atoms with Crippen LogP contribution in [0.3, 0.4) is 0 Å². The Labute approximate surface area is 83.9 Å². The maximum absolute atomic E-state index is 13.2. The molecule has 0 bridgehead atoms. The summed E-state index contributed by atoms with van der Waals surface area (Å²) in [7, 11) is 1.56. The molecule has 2 N–H and O–H groups in total. The fourth-order valence-corrected chi connectivity index (χ4v) is 1.48. The average Bonchev–Trinajstić information content (AvgIpc) is 2.01. The lowest BCUT2D eigenvalue weighted by Gasteiger charge is -2.23. The Hall–Kier alpha value is -1.09. The summed E-state index contributed by atoms with van der Waals surface area (Å²) in [4.78, 5) is 0. The average molecular weight is 197 g/mol. The van der Waals surface area contributed by atoms with Crippen molar-refractivity contribution in [3.63, 3.8) is 0 Å². The predicted octanol–water partition coefficient (Wildman–Crippen LogP) is 2.34. The summed E-state index contributed by atoms with van der Waals surface area (Å²) in [5, 5.41) is 0. The van der Waals surface area contributed by atoms with Crippen molar-refractivity contribution in [3.05, 3.63) is 29.1 Å². The van der Waals surface area contributed by atoms with Gasteiger partial charge in [0.25, 0.3) is 0 Å². The van der Waals surface area contributed by atoms with Gasteiger partial charge in [-0.25, -0.2) is 4.39 Å². The number of methoxy groups -OCH3 is 1. The molecule has 78 valence electrons. The maximum atomic E-state index is 13.2. The Bertz CT molecular complexity index is 342. The van der Waals surface area contributed by atoms with Gasteiger partial charge in [-0.05, 0) is 38.5 Å². The van der Waals surface area contributed by atoms with Crippen molar-refractivity contribution in [2.45, 2.75) is 26.3 Å². The number of nitrogens with two attached hydrogens (primary N) is 1. The van der Waals surface area contributed by atoms with Gasteiger partial charge in [0.1, 0.15) is 11.6 Å². The quantitative estimate of drug-likeness (QED) is 0.789. The summed E-state index contributed by atoms with van der Waals surface area (Å²) in [5.74, 6) is 0.385. The lowest BCUT2D eigenvalue weighted by Crippen LogP contribution is -2.29. The minimum Gasteiger partial charge on any atom is -0.496 e. The number of aryl methyl sites for hydroxylation is 1. The van der Waals surface area contributed by atoms with Crippen LogP contribution in [0.15, 0.2) is 12.1 Å². The predicted molar refractivity (Wildman–Crippen MR) is 54.9 cm³/mol. The standard InChI is InChI=1S/C11H16FNO/c1-7-5-8(12)6-9(10(7)14-4)11(2,3)13/h5-6H,13H2,1-4H3. The molecule has 0 heterocycles. The van der Waals surface area contributed by atoms with Crippen molar-refractivity contribution in [2.75, 3.05) is 7.11 Å². The van der Waals surface area contributed by atoms with Gasteiger partial charge >= 0.3 is 0 Å². The minimum atomic E-state index is -0.599. The second kappa shape index (κ2) is 3.58. The van der Waals surface area contributed by atoms with Gasteiger partial charge in [-0.2, -0.15) is 0 Å². The molecule has 0 aromatic heterocycles. The van der Waals surface area contributed by atoms with Crippen molar-refractivity contribution in [1.82, 2.24) is 0 Å². The zero-order valence-corrected chi connectivity index (χ0v) is 9.02. The number of hydrogen-bond donors (Lipinski definition) is 1. The van der Waals surface area contributed by atoms with Crippen LogP contribution in [0, 0.1) is 12.7 Å². The van der Waals surface area contributed by atoms with Crippen LogP contribution in [0.1, 0.15) is 25.0 Å². The molecule has 0 amide bonds. The van der Waals surface area contributed by atoms with Gasteiger partial charge in [-0.1, -0.05) is 0 Å². The molecule has 1 aromatic carbocycles. The van der Waals surface area contributed by atoms with Gasteiger partial charge in [-0.3, -0.25) is 0 Å². The molecule has 0 saturated carbocycles. The third kappa shape index (κ3) is 2.04. The Kier molecular flexibility index (Phi) is 2.81. The van der Waals surface area contributed by atoms with E-state index in [2.05, 4.69) is 0 Å². The molecule has 0 aliphatic rings. The third-order valence-electron chi connectivity index (χ3n) is 2.14. The van der Waals surface area contributed by atoms with Crippen molar-refractivity contribution in [1.29, 1.82) is 0 Å². The van der Waals surface area contributed by atoms with E-state index in [0.29, 0.717) is 11.3 Å². The Morgan fingerprint density at radius 1 is 1.36 bits per heavy atom. The van der Waals surface area contributed by atoms with Gasteiger partial charge in [0.15, 0.2) is 0 Å². The Morgan fingerprint density at radius 3 is 2.36 bits per heavy atom. The fraction of sp³-hybridized carbons (Fsp3) is 0.455. The maximum Gasteiger partial charge on any atom is 0.127 e. The van der Waals surface area contributed by atoms with Gasteiger partial charge in [0.05, 0.1) is 7.11 Å². The van der Waals surface area contributed by atoms with E-state index in [4.69, 9.17) is 10.5 Å². The van der Waals surface area contributed by atoms with E-state index in [1.54, 1.807) is 14.0 Å². The van der Waals surface area contributed by atoms with E-state index in [0.717, 1.165) is 5.56 Å². The molecule has 0 aliphatic heterocycles. The lowest BCUT2D eigenvalue weighted by molar-refractivity contribution is 0.389. The van der Waals surface area contributed by atoms with Gasteiger partial charge in [0.2, 0.25) is 0 Å². The number of halogens is 1. The Balaban J connectivity index is 3.40. The molecule has 0 saturated heterocycles. The normalized spacial score (nSPS) is 11.6. The summed E-state index contributed by atoms with van der Waals surface area (Å²) in [6.45, 7) is 5.45. The summed E-state index contributed by atoms with van der Waals surface area (Å²) in [6.07, 6.45) is 0. The van der Waals surface area contributed by atoms with Gasteiger partial charge in [-0.15, -0.1) is 0 Å².